The second-order valence-electron chi connectivity index (χ2n) is 5.09. The molecule has 1 heterocycles. The predicted octanol–water partition coefficient (Wildman–Crippen LogP) is 1.89. The minimum atomic E-state index is 0.0483. The number of para-hydroxylation sites is 1. The Kier molecular flexibility index (Phi) is 4.43. The molecule has 0 saturated carbocycles. The maximum atomic E-state index is 12.5. The highest BCUT2D eigenvalue weighted by Gasteiger charge is 2.29. The zero-order chi connectivity index (χ0) is 13.8. The molecule has 104 valence electrons. The number of carbonyl (C=O) groups is 1. The van der Waals surface area contributed by atoms with Crippen molar-refractivity contribution in [2.45, 2.75) is 26.3 Å². The van der Waals surface area contributed by atoms with Gasteiger partial charge in [-0.1, -0.05) is 12.1 Å². The minimum Gasteiger partial charge on any atom is -0.493 e. The lowest BCUT2D eigenvalue weighted by Gasteiger charge is -2.19. The fourth-order valence-corrected chi connectivity index (χ4v) is 2.50. The van der Waals surface area contributed by atoms with E-state index in [2.05, 4.69) is 0 Å². The molecule has 0 aliphatic carbocycles. The van der Waals surface area contributed by atoms with Crippen molar-refractivity contribution in [2.24, 2.45) is 11.7 Å². The number of amides is 1. The Morgan fingerprint density at radius 2 is 2.26 bits per heavy atom. The van der Waals surface area contributed by atoms with Crippen LogP contribution in [0.5, 0.6) is 5.75 Å². The van der Waals surface area contributed by atoms with E-state index in [0.717, 1.165) is 19.5 Å². The fraction of sp³-hybridized carbons (Fsp3) is 0.533. The predicted molar refractivity (Wildman–Crippen MR) is 75.3 cm³/mol. The number of nitrogens with two attached hydrogens (primary N) is 1. The molecule has 4 nitrogen and oxygen atoms in total. The first-order valence-electron chi connectivity index (χ1n) is 6.90. The molecule has 0 radical (unpaired) electrons. The number of benzene rings is 1. The molecular formula is C15H22N2O2. The summed E-state index contributed by atoms with van der Waals surface area (Å²) in [6, 6.07) is 7.56. The second-order valence-corrected chi connectivity index (χ2v) is 5.09. The van der Waals surface area contributed by atoms with Crippen molar-refractivity contribution in [1.82, 2.24) is 4.90 Å². The summed E-state index contributed by atoms with van der Waals surface area (Å²) >= 11 is 0. The van der Waals surface area contributed by atoms with Crippen LogP contribution in [0.3, 0.4) is 0 Å². The summed E-state index contributed by atoms with van der Waals surface area (Å²) in [5.41, 5.74) is 6.56. The maximum Gasteiger partial charge on any atom is 0.257 e. The van der Waals surface area contributed by atoms with Gasteiger partial charge in [-0.25, -0.2) is 0 Å². The van der Waals surface area contributed by atoms with Crippen molar-refractivity contribution in [3.05, 3.63) is 29.8 Å². The van der Waals surface area contributed by atoms with E-state index in [9.17, 15) is 4.79 Å². The molecule has 2 N–H and O–H groups in total. The molecule has 0 bridgehead atoms. The highest BCUT2D eigenvalue weighted by atomic mass is 16.5. The molecule has 2 rings (SSSR count). The van der Waals surface area contributed by atoms with Gasteiger partial charge in [0.1, 0.15) is 5.75 Å². The van der Waals surface area contributed by atoms with Crippen molar-refractivity contribution in [2.75, 3.05) is 19.7 Å². The van der Waals surface area contributed by atoms with Gasteiger partial charge in [0.25, 0.3) is 5.91 Å². The molecule has 2 atom stereocenters. The van der Waals surface area contributed by atoms with Gasteiger partial charge in [-0.3, -0.25) is 4.79 Å². The lowest BCUT2D eigenvalue weighted by molar-refractivity contribution is 0.0782. The first kappa shape index (κ1) is 13.9. The van der Waals surface area contributed by atoms with Crippen LogP contribution >= 0.6 is 0 Å². The van der Waals surface area contributed by atoms with Gasteiger partial charge in [-0.15, -0.1) is 0 Å². The SMILES string of the molecule is CCOc1ccccc1C(=O)N1CCC(C(C)N)C1. The maximum absolute atomic E-state index is 12.5. The van der Waals surface area contributed by atoms with E-state index >= 15 is 0 Å². The Hall–Kier alpha value is -1.55. The zero-order valence-corrected chi connectivity index (χ0v) is 11.6. The first-order valence-corrected chi connectivity index (χ1v) is 6.90. The molecule has 1 aromatic carbocycles. The molecule has 1 aliphatic rings. The Morgan fingerprint density at radius 3 is 2.89 bits per heavy atom. The van der Waals surface area contributed by atoms with Crippen LogP contribution in [0.15, 0.2) is 24.3 Å². The monoisotopic (exact) mass is 262 g/mol. The molecule has 1 saturated heterocycles. The number of nitrogens with zero attached hydrogens (tertiary/aromatic N) is 1. The molecule has 1 amide bonds. The molecule has 19 heavy (non-hydrogen) atoms. The molecule has 0 spiro atoms. The summed E-state index contributed by atoms with van der Waals surface area (Å²) < 4.78 is 5.52. The molecule has 1 aliphatic heterocycles. The average molecular weight is 262 g/mol. The summed E-state index contributed by atoms with van der Waals surface area (Å²) in [6.45, 7) is 6.02. The van der Waals surface area contributed by atoms with Crippen LogP contribution in [0.1, 0.15) is 30.6 Å². The topological polar surface area (TPSA) is 55.6 Å². The minimum absolute atomic E-state index is 0.0483. The second kappa shape index (κ2) is 6.06. The van der Waals surface area contributed by atoms with Crippen LogP contribution in [0.25, 0.3) is 0 Å². The van der Waals surface area contributed by atoms with Crippen molar-refractivity contribution < 1.29 is 9.53 Å². The summed E-state index contributed by atoms with van der Waals surface area (Å²) in [7, 11) is 0. The third-order valence-electron chi connectivity index (χ3n) is 3.67. The lowest BCUT2D eigenvalue weighted by atomic mass is 10.0. The van der Waals surface area contributed by atoms with Crippen molar-refractivity contribution in [3.63, 3.8) is 0 Å². The number of hydrogen-bond acceptors (Lipinski definition) is 3. The lowest BCUT2D eigenvalue weighted by Crippen LogP contribution is -2.33. The number of likely N-dealkylation sites (tertiary alicyclic amines) is 1. The van der Waals surface area contributed by atoms with E-state index in [-0.39, 0.29) is 11.9 Å². The molecule has 1 aromatic rings. The van der Waals surface area contributed by atoms with Crippen LogP contribution in [0.4, 0.5) is 0 Å². The van der Waals surface area contributed by atoms with Crippen LogP contribution in [0.2, 0.25) is 0 Å². The van der Waals surface area contributed by atoms with E-state index in [4.69, 9.17) is 10.5 Å². The van der Waals surface area contributed by atoms with Crippen LogP contribution < -0.4 is 10.5 Å². The molecular weight excluding hydrogens is 240 g/mol. The van der Waals surface area contributed by atoms with Gasteiger partial charge in [0, 0.05) is 19.1 Å². The van der Waals surface area contributed by atoms with Gasteiger partial charge < -0.3 is 15.4 Å². The molecule has 0 aromatic heterocycles. The highest BCUT2D eigenvalue weighted by Crippen LogP contribution is 2.25. The van der Waals surface area contributed by atoms with Crippen LogP contribution in [0, 0.1) is 5.92 Å². The van der Waals surface area contributed by atoms with E-state index in [0.29, 0.717) is 23.8 Å². The standard InChI is InChI=1S/C15H22N2O2/c1-3-19-14-7-5-4-6-13(14)15(18)17-9-8-12(10-17)11(2)16/h4-7,11-12H,3,8-10,16H2,1-2H3. The van der Waals surface area contributed by atoms with E-state index in [1.165, 1.54) is 0 Å². The number of rotatable bonds is 4. The van der Waals surface area contributed by atoms with E-state index in [1.54, 1.807) is 0 Å². The zero-order valence-electron chi connectivity index (χ0n) is 11.6. The normalized spacial score (nSPS) is 20.4. The van der Waals surface area contributed by atoms with Crippen molar-refractivity contribution in [1.29, 1.82) is 0 Å². The summed E-state index contributed by atoms with van der Waals surface area (Å²) in [5, 5.41) is 0. The smallest absolute Gasteiger partial charge is 0.257 e. The number of hydrogen-bond donors (Lipinski definition) is 1. The van der Waals surface area contributed by atoms with E-state index < -0.39 is 0 Å². The van der Waals surface area contributed by atoms with Gasteiger partial charge in [0.15, 0.2) is 0 Å². The molecule has 1 fully saturated rings. The van der Waals surface area contributed by atoms with Gasteiger partial charge in [0.05, 0.1) is 12.2 Å². The Bertz CT molecular complexity index is 446. The Morgan fingerprint density at radius 1 is 1.53 bits per heavy atom. The summed E-state index contributed by atoms with van der Waals surface area (Å²) in [6.07, 6.45) is 0.986. The van der Waals surface area contributed by atoms with Gasteiger partial charge in [0.2, 0.25) is 0 Å². The van der Waals surface area contributed by atoms with Crippen LogP contribution in [-0.4, -0.2) is 36.5 Å². The third-order valence-corrected chi connectivity index (χ3v) is 3.67. The Balaban J connectivity index is 2.12. The quantitative estimate of drug-likeness (QED) is 0.901. The fourth-order valence-electron chi connectivity index (χ4n) is 2.50. The first-order chi connectivity index (χ1) is 9.13. The Labute approximate surface area is 114 Å². The van der Waals surface area contributed by atoms with Gasteiger partial charge in [-0.05, 0) is 38.3 Å². The van der Waals surface area contributed by atoms with E-state index in [1.807, 2.05) is 43.0 Å². The largest absolute Gasteiger partial charge is 0.493 e. The molecule has 4 heteroatoms. The van der Waals surface area contributed by atoms with Gasteiger partial charge >= 0.3 is 0 Å². The number of carbonyl (C=O) groups excluding carboxylic acids is 1. The van der Waals surface area contributed by atoms with Crippen molar-refractivity contribution in [3.8, 4) is 5.75 Å². The highest BCUT2D eigenvalue weighted by molar-refractivity contribution is 5.97. The summed E-state index contributed by atoms with van der Waals surface area (Å²) in [4.78, 5) is 14.4. The average Bonchev–Trinajstić information content (AvgIpc) is 2.89. The summed E-state index contributed by atoms with van der Waals surface area (Å²) in [5.74, 6) is 1.12. The molecule has 2 unspecified atom stereocenters. The number of ether oxygens (including phenoxy) is 1. The van der Waals surface area contributed by atoms with Gasteiger partial charge in [-0.2, -0.15) is 0 Å². The third kappa shape index (κ3) is 3.07. The van der Waals surface area contributed by atoms with Crippen LogP contribution in [-0.2, 0) is 0 Å². The van der Waals surface area contributed by atoms with Crippen molar-refractivity contribution >= 4 is 5.91 Å².